The van der Waals surface area contributed by atoms with Crippen molar-refractivity contribution in [2.75, 3.05) is 0 Å². The molecule has 0 unspecified atom stereocenters. The van der Waals surface area contributed by atoms with Crippen LogP contribution in [0.1, 0.15) is 26.3 Å². The average molecular weight is 214 g/mol. The second kappa shape index (κ2) is 3.78. The molecule has 2 heteroatoms. The highest BCUT2D eigenvalue weighted by molar-refractivity contribution is 5.62. The number of benzene rings is 1. The van der Waals surface area contributed by atoms with Gasteiger partial charge in [-0.25, -0.2) is 0 Å². The van der Waals surface area contributed by atoms with E-state index in [0.717, 1.165) is 5.69 Å². The van der Waals surface area contributed by atoms with E-state index in [1.54, 1.807) is 0 Å². The summed E-state index contributed by atoms with van der Waals surface area (Å²) in [5, 5.41) is 4.67. The zero-order valence-electron chi connectivity index (χ0n) is 10.4. The molecule has 84 valence electrons. The first-order chi connectivity index (χ1) is 7.48. The van der Waals surface area contributed by atoms with Gasteiger partial charge < -0.3 is 0 Å². The summed E-state index contributed by atoms with van der Waals surface area (Å²) in [5.41, 5.74) is 3.53. The van der Waals surface area contributed by atoms with Crippen LogP contribution in [0.3, 0.4) is 0 Å². The van der Waals surface area contributed by atoms with Crippen LogP contribution in [0.25, 0.3) is 11.3 Å². The number of hydrogen-bond acceptors (Lipinski definition) is 1. The van der Waals surface area contributed by atoms with Crippen LogP contribution in [0, 0.1) is 6.92 Å². The van der Waals surface area contributed by atoms with Crippen molar-refractivity contribution in [2.45, 2.75) is 33.2 Å². The van der Waals surface area contributed by atoms with Gasteiger partial charge in [-0.05, 0) is 33.3 Å². The van der Waals surface area contributed by atoms with Gasteiger partial charge in [-0.15, -0.1) is 0 Å². The summed E-state index contributed by atoms with van der Waals surface area (Å²) in [6.45, 7) is 8.59. The molecule has 2 nitrogen and oxygen atoms in total. The van der Waals surface area contributed by atoms with Crippen LogP contribution in [0.15, 0.2) is 36.5 Å². The third-order valence-corrected chi connectivity index (χ3v) is 2.63. The van der Waals surface area contributed by atoms with Crippen molar-refractivity contribution >= 4 is 0 Å². The lowest BCUT2D eigenvalue weighted by molar-refractivity contribution is 0.356. The van der Waals surface area contributed by atoms with Crippen LogP contribution in [0.5, 0.6) is 0 Å². The van der Waals surface area contributed by atoms with E-state index in [9.17, 15) is 0 Å². The molecule has 1 heterocycles. The number of aromatic nitrogens is 2. The minimum absolute atomic E-state index is 0.0395. The highest BCUT2D eigenvalue weighted by Crippen LogP contribution is 2.24. The van der Waals surface area contributed by atoms with Crippen LogP contribution >= 0.6 is 0 Å². The quantitative estimate of drug-likeness (QED) is 0.709. The maximum Gasteiger partial charge on any atom is 0.0952 e. The van der Waals surface area contributed by atoms with Crippen molar-refractivity contribution < 1.29 is 0 Å². The predicted molar refractivity (Wildman–Crippen MR) is 67.4 cm³/mol. The molecular weight excluding hydrogens is 196 g/mol. The zero-order chi connectivity index (χ0) is 11.8. The summed E-state index contributed by atoms with van der Waals surface area (Å²) >= 11 is 0. The van der Waals surface area contributed by atoms with E-state index in [2.05, 4.69) is 51.1 Å². The highest BCUT2D eigenvalue weighted by atomic mass is 15.3. The van der Waals surface area contributed by atoms with Gasteiger partial charge in [0.15, 0.2) is 0 Å². The van der Waals surface area contributed by atoms with Crippen molar-refractivity contribution in [3.8, 4) is 11.3 Å². The van der Waals surface area contributed by atoms with Gasteiger partial charge >= 0.3 is 0 Å². The Balaban J connectivity index is 2.48. The summed E-state index contributed by atoms with van der Waals surface area (Å²) in [4.78, 5) is 0. The smallest absolute Gasteiger partial charge is 0.0952 e. The Morgan fingerprint density at radius 1 is 1.06 bits per heavy atom. The van der Waals surface area contributed by atoms with Crippen LogP contribution < -0.4 is 0 Å². The molecule has 0 saturated heterocycles. The van der Waals surface area contributed by atoms with E-state index in [4.69, 9.17) is 0 Å². The van der Waals surface area contributed by atoms with Crippen molar-refractivity contribution in [1.29, 1.82) is 0 Å². The zero-order valence-corrected chi connectivity index (χ0v) is 10.4. The summed E-state index contributed by atoms with van der Waals surface area (Å²) in [7, 11) is 0. The van der Waals surface area contributed by atoms with E-state index in [1.165, 1.54) is 11.1 Å². The predicted octanol–water partition coefficient (Wildman–Crippen LogP) is 3.61. The van der Waals surface area contributed by atoms with Gasteiger partial charge in [0, 0.05) is 11.8 Å². The SMILES string of the molecule is Cc1cn(C(C)(C)C)nc1-c1ccccc1. The Kier molecular flexibility index (Phi) is 2.58. The molecule has 0 atom stereocenters. The maximum atomic E-state index is 4.67. The molecule has 0 N–H and O–H groups in total. The van der Waals surface area contributed by atoms with Gasteiger partial charge in [-0.1, -0.05) is 30.3 Å². The van der Waals surface area contributed by atoms with Crippen molar-refractivity contribution in [2.24, 2.45) is 0 Å². The lowest BCUT2D eigenvalue weighted by atomic mass is 10.1. The van der Waals surface area contributed by atoms with Gasteiger partial charge in [0.25, 0.3) is 0 Å². The van der Waals surface area contributed by atoms with Gasteiger partial charge in [-0.3, -0.25) is 4.68 Å². The monoisotopic (exact) mass is 214 g/mol. The molecule has 0 radical (unpaired) electrons. The summed E-state index contributed by atoms with van der Waals surface area (Å²) in [5.74, 6) is 0. The summed E-state index contributed by atoms with van der Waals surface area (Å²) in [6.07, 6.45) is 2.11. The highest BCUT2D eigenvalue weighted by Gasteiger charge is 2.16. The first-order valence-corrected chi connectivity index (χ1v) is 5.60. The van der Waals surface area contributed by atoms with Crippen LogP contribution in [0.2, 0.25) is 0 Å². The van der Waals surface area contributed by atoms with E-state index >= 15 is 0 Å². The summed E-state index contributed by atoms with van der Waals surface area (Å²) < 4.78 is 2.03. The number of nitrogens with zero attached hydrogens (tertiary/aromatic N) is 2. The van der Waals surface area contributed by atoms with E-state index in [1.807, 2.05) is 22.9 Å². The Hall–Kier alpha value is -1.57. The standard InChI is InChI=1S/C14H18N2/c1-11-10-16(14(2,3)4)15-13(11)12-8-6-5-7-9-12/h5-10H,1-4H3. The lowest BCUT2D eigenvalue weighted by Crippen LogP contribution is -2.22. The van der Waals surface area contributed by atoms with Crippen molar-refractivity contribution in [1.82, 2.24) is 9.78 Å². The van der Waals surface area contributed by atoms with E-state index in [-0.39, 0.29) is 5.54 Å². The van der Waals surface area contributed by atoms with Gasteiger partial charge in [-0.2, -0.15) is 5.10 Å². The molecule has 16 heavy (non-hydrogen) atoms. The van der Waals surface area contributed by atoms with E-state index < -0.39 is 0 Å². The fraction of sp³-hybridized carbons (Fsp3) is 0.357. The topological polar surface area (TPSA) is 17.8 Å². The second-order valence-electron chi connectivity index (χ2n) is 5.14. The van der Waals surface area contributed by atoms with Gasteiger partial charge in [0.05, 0.1) is 11.2 Å². The Labute approximate surface area is 96.9 Å². The van der Waals surface area contributed by atoms with Gasteiger partial charge in [0.1, 0.15) is 0 Å². The minimum Gasteiger partial charge on any atom is -0.267 e. The molecule has 0 aliphatic rings. The number of rotatable bonds is 1. The molecule has 2 rings (SSSR count). The average Bonchev–Trinajstić information content (AvgIpc) is 2.61. The number of aryl methyl sites for hydroxylation is 1. The molecular formula is C14H18N2. The Morgan fingerprint density at radius 3 is 2.19 bits per heavy atom. The molecule has 0 spiro atoms. The van der Waals surface area contributed by atoms with Crippen molar-refractivity contribution in [3.63, 3.8) is 0 Å². The molecule has 2 aromatic rings. The fourth-order valence-electron chi connectivity index (χ4n) is 1.69. The fourth-order valence-corrected chi connectivity index (χ4v) is 1.69. The largest absolute Gasteiger partial charge is 0.267 e. The molecule has 1 aromatic heterocycles. The molecule has 0 fully saturated rings. The van der Waals surface area contributed by atoms with E-state index in [0.29, 0.717) is 0 Å². The minimum atomic E-state index is 0.0395. The third-order valence-electron chi connectivity index (χ3n) is 2.63. The summed E-state index contributed by atoms with van der Waals surface area (Å²) in [6, 6.07) is 10.3. The second-order valence-corrected chi connectivity index (χ2v) is 5.14. The lowest BCUT2D eigenvalue weighted by Gasteiger charge is -2.18. The molecule has 0 amide bonds. The molecule has 0 aliphatic heterocycles. The Morgan fingerprint density at radius 2 is 1.69 bits per heavy atom. The third kappa shape index (κ3) is 2.01. The molecule has 1 aromatic carbocycles. The molecule has 0 saturated carbocycles. The van der Waals surface area contributed by atoms with Gasteiger partial charge in [0.2, 0.25) is 0 Å². The molecule has 0 bridgehead atoms. The first-order valence-electron chi connectivity index (χ1n) is 5.60. The number of hydrogen-bond donors (Lipinski definition) is 0. The Bertz CT molecular complexity index is 475. The molecule has 0 aliphatic carbocycles. The maximum absolute atomic E-state index is 4.67. The van der Waals surface area contributed by atoms with Crippen LogP contribution in [-0.2, 0) is 5.54 Å². The normalized spacial score (nSPS) is 11.8. The first kappa shape index (κ1) is 10.9. The van der Waals surface area contributed by atoms with Crippen LogP contribution in [-0.4, -0.2) is 9.78 Å². The van der Waals surface area contributed by atoms with Crippen LogP contribution in [0.4, 0.5) is 0 Å². The van der Waals surface area contributed by atoms with Crippen molar-refractivity contribution in [3.05, 3.63) is 42.1 Å².